The molecular formula is C12H16FN3. The summed E-state index contributed by atoms with van der Waals surface area (Å²) < 4.78 is 12.9. The third-order valence-electron chi connectivity index (χ3n) is 3.49. The van der Waals surface area contributed by atoms with Gasteiger partial charge in [-0.1, -0.05) is 12.1 Å². The Labute approximate surface area is 94.6 Å². The zero-order valence-corrected chi connectivity index (χ0v) is 9.12. The van der Waals surface area contributed by atoms with Crippen LogP contribution >= 0.6 is 0 Å². The number of nitrogens with zero attached hydrogens (tertiary/aromatic N) is 1. The van der Waals surface area contributed by atoms with Gasteiger partial charge in [-0.2, -0.15) is 0 Å². The van der Waals surface area contributed by atoms with Gasteiger partial charge in [0.1, 0.15) is 5.82 Å². The fraction of sp³-hybridized carbons (Fsp3) is 0.500. The highest BCUT2D eigenvalue weighted by molar-refractivity contribution is 5.22. The van der Waals surface area contributed by atoms with E-state index in [-0.39, 0.29) is 5.82 Å². The first-order valence-electron chi connectivity index (χ1n) is 5.80. The second-order valence-corrected chi connectivity index (χ2v) is 4.43. The summed E-state index contributed by atoms with van der Waals surface area (Å²) in [4.78, 5) is 2.46. The SMILES string of the molecule is Fc1ccc(C2CNC3CNCCN32)cc1. The van der Waals surface area contributed by atoms with Gasteiger partial charge in [-0.3, -0.25) is 10.2 Å². The number of rotatable bonds is 1. The molecule has 16 heavy (non-hydrogen) atoms. The number of benzene rings is 1. The van der Waals surface area contributed by atoms with E-state index in [9.17, 15) is 4.39 Å². The van der Waals surface area contributed by atoms with E-state index < -0.39 is 0 Å². The van der Waals surface area contributed by atoms with E-state index >= 15 is 0 Å². The summed E-state index contributed by atoms with van der Waals surface area (Å²) in [5.74, 6) is -0.161. The summed E-state index contributed by atoms with van der Waals surface area (Å²) in [7, 11) is 0. The molecule has 3 nitrogen and oxygen atoms in total. The first kappa shape index (κ1) is 10.2. The van der Waals surface area contributed by atoms with E-state index in [1.165, 1.54) is 5.56 Å². The first-order chi connectivity index (χ1) is 7.84. The van der Waals surface area contributed by atoms with Crippen LogP contribution in [0.5, 0.6) is 0 Å². The summed E-state index contributed by atoms with van der Waals surface area (Å²) >= 11 is 0. The highest BCUT2D eigenvalue weighted by atomic mass is 19.1. The van der Waals surface area contributed by atoms with Gasteiger partial charge in [0.25, 0.3) is 0 Å². The average molecular weight is 221 g/mol. The van der Waals surface area contributed by atoms with Crippen molar-refractivity contribution in [3.8, 4) is 0 Å². The summed E-state index contributed by atoms with van der Waals surface area (Å²) in [6.45, 7) is 4.05. The minimum absolute atomic E-state index is 0.161. The third kappa shape index (κ3) is 1.73. The quantitative estimate of drug-likeness (QED) is 0.731. The minimum Gasteiger partial charge on any atom is -0.313 e. The zero-order chi connectivity index (χ0) is 11.0. The number of piperazine rings is 1. The predicted octanol–water partition coefficient (Wildman–Crippen LogP) is 0.701. The lowest BCUT2D eigenvalue weighted by molar-refractivity contribution is 0.156. The van der Waals surface area contributed by atoms with Crippen molar-refractivity contribution in [2.24, 2.45) is 0 Å². The normalized spacial score (nSPS) is 30.3. The van der Waals surface area contributed by atoms with Crippen molar-refractivity contribution in [1.29, 1.82) is 0 Å². The molecule has 0 aliphatic carbocycles. The second kappa shape index (κ2) is 4.13. The van der Waals surface area contributed by atoms with Crippen molar-refractivity contribution >= 4 is 0 Å². The lowest BCUT2D eigenvalue weighted by Gasteiger charge is -2.33. The van der Waals surface area contributed by atoms with Gasteiger partial charge < -0.3 is 5.32 Å². The van der Waals surface area contributed by atoms with Gasteiger partial charge in [0.05, 0.1) is 6.17 Å². The van der Waals surface area contributed by atoms with E-state index in [0.29, 0.717) is 12.2 Å². The molecule has 1 aromatic carbocycles. The van der Waals surface area contributed by atoms with E-state index in [1.54, 1.807) is 12.1 Å². The van der Waals surface area contributed by atoms with Crippen molar-refractivity contribution in [2.45, 2.75) is 12.2 Å². The molecule has 0 amide bonds. The van der Waals surface area contributed by atoms with Crippen molar-refractivity contribution in [1.82, 2.24) is 15.5 Å². The Kier molecular flexibility index (Phi) is 2.63. The van der Waals surface area contributed by atoms with Gasteiger partial charge in [-0.25, -0.2) is 4.39 Å². The van der Waals surface area contributed by atoms with Crippen molar-refractivity contribution in [3.05, 3.63) is 35.6 Å². The molecule has 1 aromatic rings. The standard InChI is InChI=1S/C12H16FN3/c13-10-3-1-9(2-4-10)11-7-15-12-8-14-5-6-16(11)12/h1-4,11-12,14-15H,5-8H2. The predicted molar refractivity (Wildman–Crippen MR) is 60.5 cm³/mol. The molecule has 0 bridgehead atoms. The zero-order valence-electron chi connectivity index (χ0n) is 9.12. The Morgan fingerprint density at radius 2 is 2.00 bits per heavy atom. The lowest BCUT2D eigenvalue weighted by Crippen LogP contribution is -2.52. The van der Waals surface area contributed by atoms with Crippen LogP contribution < -0.4 is 10.6 Å². The Hall–Kier alpha value is -0.970. The molecule has 2 atom stereocenters. The van der Waals surface area contributed by atoms with E-state index in [1.807, 2.05) is 12.1 Å². The molecule has 0 spiro atoms. The smallest absolute Gasteiger partial charge is 0.123 e. The number of nitrogens with one attached hydrogen (secondary N) is 2. The van der Waals surface area contributed by atoms with Gasteiger partial charge >= 0.3 is 0 Å². The van der Waals surface area contributed by atoms with Gasteiger partial charge in [0.15, 0.2) is 0 Å². The van der Waals surface area contributed by atoms with E-state index in [0.717, 1.165) is 26.2 Å². The largest absolute Gasteiger partial charge is 0.313 e. The van der Waals surface area contributed by atoms with Gasteiger partial charge in [0, 0.05) is 32.2 Å². The Balaban J connectivity index is 1.82. The van der Waals surface area contributed by atoms with Crippen LogP contribution in [-0.2, 0) is 0 Å². The van der Waals surface area contributed by atoms with E-state index in [4.69, 9.17) is 0 Å². The van der Waals surface area contributed by atoms with Crippen LogP contribution in [0.25, 0.3) is 0 Å². The molecule has 0 saturated carbocycles. The van der Waals surface area contributed by atoms with Crippen LogP contribution in [0.2, 0.25) is 0 Å². The van der Waals surface area contributed by atoms with Crippen LogP contribution in [-0.4, -0.2) is 37.2 Å². The average Bonchev–Trinajstić information content (AvgIpc) is 2.74. The monoisotopic (exact) mass is 221 g/mol. The Morgan fingerprint density at radius 1 is 1.19 bits per heavy atom. The summed E-state index contributed by atoms with van der Waals surface area (Å²) in [5, 5.41) is 6.86. The lowest BCUT2D eigenvalue weighted by atomic mass is 10.1. The van der Waals surface area contributed by atoms with Crippen molar-refractivity contribution in [2.75, 3.05) is 26.2 Å². The third-order valence-corrected chi connectivity index (χ3v) is 3.49. The van der Waals surface area contributed by atoms with Crippen molar-refractivity contribution < 1.29 is 4.39 Å². The molecule has 2 fully saturated rings. The molecule has 86 valence electrons. The number of fused-ring (bicyclic) bond motifs is 1. The highest BCUT2D eigenvalue weighted by Gasteiger charge is 2.35. The first-order valence-corrected chi connectivity index (χ1v) is 5.80. The highest BCUT2D eigenvalue weighted by Crippen LogP contribution is 2.27. The van der Waals surface area contributed by atoms with Crippen LogP contribution in [0, 0.1) is 5.82 Å². The molecule has 0 radical (unpaired) electrons. The summed E-state index contributed by atoms with van der Waals surface area (Å²) in [5.41, 5.74) is 1.21. The Morgan fingerprint density at radius 3 is 2.81 bits per heavy atom. The second-order valence-electron chi connectivity index (χ2n) is 4.43. The molecule has 4 heteroatoms. The molecule has 2 aliphatic heterocycles. The van der Waals surface area contributed by atoms with Gasteiger partial charge in [0.2, 0.25) is 0 Å². The van der Waals surface area contributed by atoms with Gasteiger partial charge in [-0.05, 0) is 17.7 Å². The summed E-state index contributed by atoms with van der Waals surface area (Å²) in [6.07, 6.45) is 0.434. The topological polar surface area (TPSA) is 27.3 Å². The number of hydrogen-bond acceptors (Lipinski definition) is 3. The maximum absolute atomic E-state index is 12.9. The van der Waals surface area contributed by atoms with Crippen LogP contribution in [0.1, 0.15) is 11.6 Å². The molecule has 2 aliphatic rings. The maximum atomic E-state index is 12.9. The van der Waals surface area contributed by atoms with Gasteiger partial charge in [-0.15, -0.1) is 0 Å². The summed E-state index contributed by atoms with van der Waals surface area (Å²) in [6, 6.07) is 7.28. The fourth-order valence-corrected chi connectivity index (χ4v) is 2.64. The molecule has 0 aromatic heterocycles. The van der Waals surface area contributed by atoms with Crippen LogP contribution in [0.4, 0.5) is 4.39 Å². The Bertz CT molecular complexity index is 365. The van der Waals surface area contributed by atoms with Crippen molar-refractivity contribution in [3.63, 3.8) is 0 Å². The molecule has 3 rings (SSSR count). The van der Waals surface area contributed by atoms with Crippen LogP contribution in [0.15, 0.2) is 24.3 Å². The molecule has 2 N–H and O–H groups in total. The molecule has 2 heterocycles. The van der Waals surface area contributed by atoms with E-state index in [2.05, 4.69) is 15.5 Å². The number of hydrogen-bond donors (Lipinski definition) is 2. The molecule has 2 unspecified atom stereocenters. The minimum atomic E-state index is -0.161. The maximum Gasteiger partial charge on any atom is 0.123 e. The van der Waals surface area contributed by atoms with Crippen LogP contribution in [0.3, 0.4) is 0 Å². The molecular weight excluding hydrogens is 205 g/mol. The number of halogens is 1. The fourth-order valence-electron chi connectivity index (χ4n) is 2.64. The molecule has 2 saturated heterocycles.